The molecule has 0 saturated heterocycles. The van der Waals surface area contributed by atoms with Gasteiger partial charge in [-0.25, -0.2) is 4.79 Å². The average Bonchev–Trinajstić information content (AvgIpc) is 2.89. The molecule has 106 valence electrons. The van der Waals surface area contributed by atoms with E-state index >= 15 is 0 Å². The lowest BCUT2D eigenvalue weighted by Crippen LogP contribution is -1.98. The average molecular weight is 303 g/mol. The maximum absolute atomic E-state index is 11.1. The molecule has 0 bridgehead atoms. The molecule has 0 saturated carbocycles. The van der Waals surface area contributed by atoms with Crippen LogP contribution in [0.15, 0.2) is 46.9 Å². The maximum Gasteiger partial charge on any atom is 0.339 e. The Kier molecular flexibility index (Phi) is 3.50. The number of hydrogen-bond donors (Lipinski definition) is 2. The van der Waals surface area contributed by atoms with Gasteiger partial charge < -0.3 is 14.8 Å². The van der Waals surface area contributed by atoms with E-state index in [0.717, 1.165) is 5.56 Å². The number of carboxylic acid groups (broad SMARTS) is 1. The lowest BCUT2D eigenvalue weighted by atomic mass is 10.2. The summed E-state index contributed by atoms with van der Waals surface area (Å²) in [6.45, 7) is 0.506. The first-order chi connectivity index (χ1) is 10.1. The van der Waals surface area contributed by atoms with E-state index in [1.165, 1.54) is 6.07 Å². The molecular formula is C15H11ClN2O3. The molecule has 6 heteroatoms. The Bertz CT molecular complexity index is 796. The predicted molar refractivity (Wildman–Crippen MR) is 79.7 cm³/mol. The highest BCUT2D eigenvalue weighted by atomic mass is 35.5. The molecule has 0 fully saturated rings. The number of para-hydroxylation sites is 1. The van der Waals surface area contributed by atoms with Crippen molar-refractivity contribution in [1.29, 1.82) is 0 Å². The van der Waals surface area contributed by atoms with Gasteiger partial charge in [0.25, 0.3) is 6.01 Å². The van der Waals surface area contributed by atoms with E-state index in [0.29, 0.717) is 17.1 Å². The topological polar surface area (TPSA) is 75.4 Å². The number of halogens is 1. The fourth-order valence-electron chi connectivity index (χ4n) is 1.97. The zero-order valence-corrected chi connectivity index (χ0v) is 11.6. The molecule has 0 amide bonds. The van der Waals surface area contributed by atoms with Gasteiger partial charge in [0.05, 0.1) is 0 Å². The molecule has 2 aromatic carbocycles. The highest BCUT2D eigenvalue weighted by Gasteiger charge is 2.14. The van der Waals surface area contributed by atoms with Gasteiger partial charge in [0.2, 0.25) is 0 Å². The van der Waals surface area contributed by atoms with Gasteiger partial charge in [0, 0.05) is 11.6 Å². The van der Waals surface area contributed by atoms with Crippen molar-refractivity contribution in [1.82, 2.24) is 4.98 Å². The Labute approximate surface area is 125 Å². The van der Waals surface area contributed by atoms with E-state index < -0.39 is 5.97 Å². The van der Waals surface area contributed by atoms with E-state index in [9.17, 15) is 4.79 Å². The Morgan fingerprint density at radius 2 is 2.00 bits per heavy atom. The largest absolute Gasteiger partial charge is 0.478 e. The number of carboxylic acids is 1. The zero-order valence-electron chi connectivity index (χ0n) is 10.8. The van der Waals surface area contributed by atoms with Crippen LogP contribution in [0.2, 0.25) is 5.02 Å². The van der Waals surface area contributed by atoms with E-state index in [1.807, 2.05) is 12.1 Å². The Balaban J connectivity index is 1.83. The summed E-state index contributed by atoms with van der Waals surface area (Å²) in [5, 5.41) is 12.8. The van der Waals surface area contributed by atoms with Crippen molar-refractivity contribution < 1.29 is 14.3 Å². The smallest absolute Gasteiger partial charge is 0.339 e. The molecule has 5 nitrogen and oxygen atoms in total. The monoisotopic (exact) mass is 302 g/mol. The zero-order chi connectivity index (χ0) is 14.8. The van der Waals surface area contributed by atoms with Gasteiger partial charge in [0.15, 0.2) is 5.58 Å². The highest BCUT2D eigenvalue weighted by Crippen LogP contribution is 2.23. The van der Waals surface area contributed by atoms with Gasteiger partial charge in [0.1, 0.15) is 11.1 Å². The van der Waals surface area contributed by atoms with Crippen LogP contribution in [0.5, 0.6) is 0 Å². The van der Waals surface area contributed by atoms with Crippen LogP contribution < -0.4 is 5.32 Å². The molecule has 0 aliphatic heterocycles. The third kappa shape index (κ3) is 2.83. The van der Waals surface area contributed by atoms with Crippen LogP contribution in [0, 0.1) is 0 Å². The summed E-state index contributed by atoms with van der Waals surface area (Å²) in [6.07, 6.45) is 0. The lowest BCUT2D eigenvalue weighted by molar-refractivity contribution is 0.0698. The Hall–Kier alpha value is -2.53. The Morgan fingerprint density at radius 3 is 2.71 bits per heavy atom. The molecule has 0 aliphatic carbocycles. The molecule has 1 aromatic heterocycles. The minimum absolute atomic E-state index is 0.0968. The fraction of sp³-hybridized carbons (Fsp3) is 0.0667. The number of benzene rings is 2. The first kappa shape index (κ1) is 13.5. The van der Waals surface area contributed by atoms with Gasteiger partial charge in [-0.2, -0.15) is 4.98 Å². The summed E-state index contributed by atoms with van der Waals surface area (Å²) in [5.74, 6) is -1.04. The lowest BCUT2D eigenvalue weighted by Gasteiger charge is -2.01. The molecule has 0 unspecified atom stereocenters. The second-order valence-electron chi connectivity index (χ2n) is 4.46. The predicted octanol–water partition coefficient (Wildman–Crippen LogP) is 3.79. The van der Waals surface area contributed by atoms with Crippen LogP contribution in [-0.4, -0.2) is 16.1 Å². The van der Waals surface area contributed by atoms with Gasteiger partial charge in [-0.3, -0.25) is 0 Å². The standard InChI is InChI=1S/C15H11ClN2O3/c16-10-6-4-9(5-7-10)8-17-15-18-12-3-1-2-11(14(19)20)13(12)21-15/h1-7H,8H2,(H,17,18)(H,19,20). The van der Waals surface area contributed by atoms with E-state index in [4.69, 9.17) is 21.1 Å². The number of anilines is 1. The molecule has 0 radical (unpaired) electrons. The number of aromatic nitrogens is 1. The van der Waals surface area contributed by atoms with Crippen LogP contribution in [0.3, 0.4) is 0 Å². The molecule has 0 atom stereocenters. The van der Waals surface area contributed by atoms with Crippen molar-refractivity contribution in [2.75, 3.05) is 5.32 Å². The quantitative estimate of drug-likeness (QED) is 0.767. The number of aromatic carboxylic acids is 1. The summed E-state index contributed by atoms with van der Waals surface area (Å²) < 4.78 is 5.48. The summed E-state index contributed by atoms with van der Waals surface area (Å²) in [4.78, 5) is 15.3. The molecule has 1 heterocycles. The van der Waals surface area contributed by atoms with Gasteiger partial charge >= 0.3 is 5.97 Å². The van der Waals surface area contributed by atoms with Gasteiger partial charge in [-0.1, -0.05) is 29.8 Å². The van der Waals surface area contributed by atoms with E-state index in [2.05, 4.69) is 10.3 Å². The molecule has 3 rings (SSSR count). The third-order valence-electron chi connectivity index (χ3n) is 3.00. The first-order valence-corrected chi connectivity index (χ1v) is 6.62. The third-order valence-corrected chi connectivity index (χ3v) is 3.25. The number of nitrogens with one attached hydrogen (secondary N) is 1. The van der Waals surface area contributed by atoms with Crippen LogP contribution >= 0.6 is 11.6 Å². The molecular weight excluding hydrogens is 292 g/mol. The van der Waals surface area contributed by atoms with Crippen molar-refractivity contribution in [2.24, 2.45) is 0 Å². The molecule has 21 heavy (non-hydrogen) atoms. The molecule has 2 N–H and O–H groups in total. The second kappa shape index (κ2) is 5.46. The van der Waals surface area contributed by atoms with Crippen LogP contribution in [0.1, 0.15) is 15.9 Å². The minimum Gasteiger partial charge on any atom is -0.478 e. The Morgan fingerprint density at radius 1 is 1.24 bits per heavy atom. The maximum atomic E-state index is 11.1. The van der Waals surface area contributed by atoms with Crippen molar-refractivity contribution in [2.45, 2.75) is 6.54 Å². The fourth-order valence-corrected chi connectivity index (χ4v) is 2.10. The number of oxazole rings is 1. The number of fused-ring (bicyclic) bond motifs is 1. The van der Waals surface area contributed by atoms with Crippen molar-refractivity contribution in [3.63, 3.8) is 0 Å². The number of nitrogens with zero attached hydrogens (tertiary/aromatic N) is 1. The van der Waals surface area contributed by atoms with Crippen molar-refractivity contribution in [3.8, 4) is 0 Å². The van der Waals surface area contributed by atoms with Crippen LogP contribution in [-0.2, 0) is 6.54 Å². The van der Waals surface area contributed by atoms with E-state index in [1.54, 1.807) is 24.3 Å². The summed E-state index contributed by atoms with van der Waals surface area (Å²) in [6, 6.07) is 12.5. The molecule has 3 aromatic rings. The number of carbonyl (C=O) groups is 1. The molecule has 0 aliphatic rings. The van der Waals surface area contributed by atoms with Crippen LogP contribution in [0.4, 0.5) is 6.01 Å². The highest BCUT2D eigenvalue weighted by molar-refractivity contribution is 6.30. The van der Waals surface area contributed by atoms with Gasteiger partial charge in [-0.05, 0) is 29.8 Å². The van der Waals surface area contributed by atoms with Crippen LogP contribution in [0.25, 0.3) is 11.1 Å². The van der Waals surface area contributed by atoms with Gasteiger partial charge in [-0.15, -0.1) is 0 Å². The number of hydrogen-bond acceptors (Lipinski definition) is 4. The summed E-state index contributed by atoms with van der Waals surface area (Å²) >= 11 is 5.82. The van der Waals surface area contributed by atoms with Crippen molar-refractivity contribution in [3.05, 3.63) is 58.6 Å². The van der Waals surface area contributed by atoms with E-state index in [-0.39, 0.29) is 17.2 Å². The SMILES string of the molecule is O=C(O)c1cccc2nc(NCc3ccc(Cl)cc3)oc12. The second-order valence-corrected chi connectivity index (χ2v) is 4.89. The minimum atomic E-state index is -1.04. The first-order valence-electron chi connectivity index (χ1n) is 6.24. The molecule has 0 spiro atoms. The normalized spacial score (nSPS) is 10.7. The summed E-state index contributed by atoms with van der Waals surface area (Å²) in [5.41, 5.74) is 1.89. The van der Waals surface area contributed by atoms with Crippen molar-refractivity contribution >= 4 is 34.7 Å². The summed E-state index contributed by atoms with van der Waals surface area (Å²) in [7, 11) is 0. The number of rotatable bonds is 4.